The Morgan fingerprint density at radius 1 is 0.333 bits per heavy atom. The molecule has 0 atom stereocenters. The van der Waals surface area contributed by atoms with Gasteiger partial charge >= 0.3 is 0 Å². The second-order valence-electron chi connectivity index (χ2n) is 12.0. The highest BCUT2D eigenvalue weighted by molar-refractivity contribution is 6.13. The fraction of sp³-hybridized carbons (Fsp3) is 0. The molecular formula is C43H25N3O2. The zero-order chi connectivity index (χ0) is 31.6. The zero-order valence-corrected chi connectivity index (χ0v) is 25.6. The van der Waals surface area contributed by atoms with Crippen LogP contribution in [0.2, 0.25) is 0 Å². The van der Waals surface area contributed by atoms with Crippen LogP contribution < -0.4 is 0 Å². The Kier molecular flexibility index (Phi) is 5.81. The first kappa shape index (κ1) is 26.6. The summed E-state index contributed by atoms with van der Waals surface area (Å²) in [7, 11) is 0. The molecule has 48 heavy (non-hydrogen) atoms. The molecule has 3 heterocycles. The third kappa shape index (κ3) is 4.15. The minimum absolute atomic E-state index is 0.579. The summed E-state index contributed by atoms with van der Waals surface area (Å²) in [6.07, 6.45) is 0. The number of rotatable bonds is 4. The quantitative estimate of drug-likeness (QED) is 0.197. The van der Waals surface area contributed by atoms with Crippen molar-refractivity contribution in [2.75, 3.05) is 0 Å². The third-order valence-corrected chi connectivity index (χ3v) is 9.15. The first-order valence-electron chi connectivity index (χ1n) is 15.9. The monoisotopic (exact) mass is 615 g/mol. The van der Waals surface area contributed by atoms with Gasteiger partial charge in [-0.1, -0.05) is 121 Å². The van der Waals surface area contributed by atoms with E-state index >= 15 is 0 Å². The molecule has 0 saturated carbocycles. The lowest BCUT2D eigenvalue weighted by molar-refractivity contribution is 0.668. The molecule has 10 aromatic rings. The van der Waals surface area contributed by atoms with Crippen molar-refractivity contribution in [3.63, 3.8) is 0 Å². The summed E-state index contributed by atoms with van der Waals surface area (Å²) in [5.41, 5.74) is 8.28. The Balaban J connectivity index is 1.26. The zero-order valence-electron chi connectivity index (χ0n) is 25.6. The largest absolute Gasteiger partial charge is 0.456 e. The molecule has 5 heteroatoms. The summed E-state index contributed by atoms with van der Waals surface area (Å²) in [5.74, 6) is 1.76. The van der Waals surface area contributed by atoms with Crippen molar-refractivity contribution in [3.8, 4) is 45.3 Å². The van der Waals surface area contributed by atoms with Gasteiger partial charge in [-0.2, -0.15) is 0 Å². The number of hydrogen-bond acceptors (Lipinski definition) is 5. The van der Waals surface area contributed by atoms with Crippen molar-refractivity contribution in [2.45, 2.75) is 0 Å². The van der Waals surface area contributed by atoms with Gasteiger partial charge < -0.3 is 8.83 Å². The predicted molar refractivity (Wildman–Crippen MR) is 194 cm³/mol. The van der Waals surface area contributed by atoms with Gasteiger partial charge in [0.2, 0.25) is 0 Å². The van der Waals surface area contributed by atoms with E-state index in [9.17, 15) is 0 Å². The van der Waals surface area contributed by atoms with E-state index in [0.717, 1.165) is 76.9 Å². The van der Waals surface area contributed by atoms with Crippen molar-refractivity contribution >= 4 is 54.6 Å². The van der Waals surface area contributed by atoms with Gasteiger partial charge in [-0.15, -0.1) is 0 Å². The van der Waals surface area contributed by atoms with E-state index in [0.29, 0.717) is 17.5 Å². The van der Waals surface area contributed by atoms with E-state index in [4.69, 9.17) is 23.8 Å². The molecule has 224 valence electrons. The molecule has 0 radical (unpaired) electrons. The van der Waals surface area contributed by atoms with E-state index in [1.165, 1.54) is 5.56 Å². The van der Waals surface area contributed by atoms with Crippen molar-refractivity contribution < 1.29 is 8.83 Å². The Hall–Kier alpha value is -6.59. The molecule has 0 bridgehead atoms. The van der Waals surface area contributed by atoms with Crippen LogP contribution in [-0.4, -0.2) is 15.0 Å². The number of hydrogen-bond donors (Lipinski definition) is 0. The number of furan rings is 2. The molecule has 0 unspecified atom stereocenters. The number of para-hydroxylation sites is 2. The summed E-state index contributed by atoms with van der Waals surface area (Å²) < 4.78 is 12.5. The van der Waals surface area contributed by atoms with E-state index in [1.807, 2.05) is 66.7 Å². The number of benzene rings is 7. The normalized spacial score (nSPS) is 11.8. The van der Waals surface area contributed by atoms with Crippen molar-refractivity contribution in [2.24, 2.45) is 0 Å². The van der Waals surface area contributed by atoms with Crippen LogP contribution in [0.3, 0.4) is 0 Å². The van der Waals surface area contributed by atoms with E-state index in [-0.39, 0.29) is 0 Å². The Morgan fingerprint density at radius 3 is 1.46 bits per heavy atom. The summed E-state index contributed by atoms with van der Waals surface area (Å²) in [6.45, 7) is 0. The minimum atomic E-state index is 0.579. The predicted octanol–water partition coefficient (Wildman–Crippen LogP) is 11.5. The average Bonchev–Trinajstić information content (AvgIpc) is 3.73. The SMILES string of the molecule is c1ccc(-c2ccc3c(-c4nc(-c5cccc6oc7ccccc7c56)nc(-c5cccc6oc7ccccc7c56)n4)cccc3c2)cc1. The molecule has 0 fully saturated rings. The maximum absolute atomic E-state index is 6.26. The van der Waals surface area contributed by atoms with Crippen LogP contribution in [-0.2, 0) is 0 Å². The maximum atomic E-state index is 6.26. The van der Waals surface area contributed by atoms with Crippen molar-refractivity contribution in [1.82, 2.24) is 15.0 Å². The molecule has 0 spiro atoms. The molecule has 0 aliphatic carbocycles. The highest BCUT2D eigenvalue weighted by Gasteiger charge is 2.21. The van der Waals surface area contributed by atoms with Crippen LogP contribution >= 0.6 is 0 Å². The van der Waals surface area contributed by atoms with Crippen LogP contribution in [0.1, 0.15) is 0 Å². The average molecular weight is 616 g/mol. The summed E-state index contributed by atoms with van der Waals surface area (Å²) in [5, 5.41) is 6.19. The first-order chi connectivity index (χ1) is 23.8. The van der Waals surface area contributed by atoms with E-state index < -0.39 is 0 Å². The van der Waals surface area contributed by atoms with Crippen LogP contribution in [0.15, 0.2) is 160 Å². The second kappa shape index (κ2) is 10.5. The summed E-state index contributed by atoms with van der Waals surface area (Å²) in [4.78, 5) is 15.6. The third-order valence-electron chi connectivity index (χ3n) is 9.15. The minimum Gasteiger partial charge on any atom is -0.456 e. The Bertz CT molecular complexity index is 2720. The molecular weight excluding hydrogens is 590 g/mol. The lowest BCUT2D eigenvalue weighted by atomic mass is 9.98. The molecule has 5 nitrogen and oxygen atoms in total. The molecule has 0 N–H and O–H groups in total. The van der Waals surface area contributed by atoms with Gasteiger partial charge in [0, 0.05) is 38.2 Å². The van der Waals surface area contributed by atoms with Crippen LogP contribution in [0, 0.1) is 0 Å². The van der Waals surface area contributed by atoms with Gasteiger partial charge in [-0.3, -0.25) is 0 Å². The fourth-order valence-corrected chi connectivity index (χ4v) is 6.95. The maximum Gasteiger partial charge on any atom is 0.164 e. The molecule has 10 rings (SSSR count). The molecule has 0 amide bonds. The van der Waals surface area contributed by atoms with Crippen molar-refractivity contribution in [1.29, 1.82) is 0 Å². The molecule has 0 aliphatic rings. The Morgan fingerprint density at radius 2 is 0.833 bits per heavy atom. The van der Waals surface area contributed by atoms with Crippen LogP contribution in [0.5, 0.6) is 0 Å². The first-order valence-corrected chi connectivity index (χ1v) is 15.9. The number of nitrogens with zero attached hydrogens (tertiary/aromatic N) is 3. The van der Waals surface area contributed by atoms with Gasteiger partial charge in [0.05, 0.1) is 0 Å². The van der Waals surface area contributed by atoms with Gasteiger partial charge in [0.15, 0.2) is 17.5 Å². The standard InChI is InChI=1S/C43H25N3O2/c1-2-11-26(12-3-1)27-23-24-29-28(25-27)13-8-16-30(29)41-44-42(33-17-9-21-37-39(33)31-14-4-6-19-35(31)47-37)46-43(45-41)34-18-10-22-38-40(34)32-15-5-7-20-36(32)48-38/h1-25H. The molecule has 0 saturated heterocycles. The van der Waals surface area contributed by atoms with Gasteiger partial charge in [0.1, 0.15) is 22.3 Å². The lowest BCUT2D eigenvalue weighted by Gasteiger charge is -2.12. The van der Waals surface area contributed by atoms with Crippen molar-refractivity contribution in [3.05, 3.63) is 152 Å². The molecule has 0 aliphatic heterocycles. The second-order valence-corrected chi connectivity index (χ2v) is 12.0. The van der Waals surface area contributed by atoms with Gasteiger partial charge in [0.25, 0.3) is 0 Å². The summed E-state index contributed by atoms with van der Waals surface area (Å²) in [6, 6.07) is 51.6. The molecule has 7 aromatic carbocycles. The molecule has 3 aromatic heterocycles. The lowest BCUT2D eigenvalue weighted by Crippen LogP contribution is -2.01. The van der Waals surface area contributed by atoms with Crippen LogP contribution in [0.4, 0.5) is 0 Å². The fourth-order valence-electron chi connectivity index (χ4n) is 6.95. The van der Waals surface area contributed by atoms with Gasteiger partial charge in [-0.05, 0) is 52.2 Å². The smallest absolute Gasteiger partial charge is 0.164 e. The highest BCUT2D eigenvalue weighted by atomic mass is 16.3. The Labute approximate surface area is 274 Å². The van der Waals surface area contributed by atoms with E-state index in [1.54, 1.807) is 0 Å². The van der Waals surface area contributed by atoms with E-state index in [2.05, 4.69) is 84.9 Å². The highest BCUT2D eigenvalue weighted by Crippen LogP contribution is 2.40. The van der Waals surface area contributed by atoms with Gasteiger partial charge in [-0.25, -0.2) is 15.0 Å². The topological polar surface area (TPSA) is 65.0 Å². The van der Waals surface area contributed by atoms with Crippen LogP contribution in [0.25, 0.3) is 99.9 Å². The number of fused-ring (bicyclic) bond motifs is 7. The number of aromatic nitrogens is 3. The summed E-state index contributed by atoms with van der Waals surface area (Å²) >= 11 is 0.